The van der Waals surface area contributed by atoms with Gasteiger partial charge in [0, 0.05) is 11.4 Å². The second-order valence-corrected chi connectivity index (χ2v) is 10.7. The molecule has 8 rings (SSSR count). The molecule has 41 heavy (non-hydrogen) atoms. The van der Waals surface area contributed by atoms with Crippen LogP contribution >= 0.6 is 0 Å². The lowest BCUT2D eigenvalue weighted by atomic mass is 9.90. The van der Waals surface area contributed by atoms with Crippen molar-refractivity contribution in [1.82, 2.24) is 0 Å². The maximum atomic E-state index is 3.66. The Bertz CT molecular complexity index is 2240. The van der Waals surface area contributed by atoms with Crippen molar-refractivity contribution < 1.29 is 0 Å². The van der Waals surface area contributed by atoms with Gasteiger partial charge in [0.05, 0.1) is 0 Å². The Morgan fingerprint density at radius 2 is 0.951 bits per heavy atom. The summed E-state index contributed by atoms with van der Waals surface area (Å²) < 4.78 is 0. The van der Waals surface area contributed by atoms with E-state index in [9.17, 15) is 0 Å². The van der Waals surface area contributed by atoms with Crippen LogP contribution in [0.15, 0.2) is 158 Å². The number of hydrogen-bond donors (Lipinski definition) is 1. The molecule has 192 valence electrons. The summed E-state index contributed by atoms with van der Waals surface area (Å²) in [5, 5.41) is 13.8. The van der Waals surface area contributed by atoms with Gasteiger partial charge in [-0.2, -0.15) is 0 Å². The molecule has 0 radical (unpaired) electrons. The fourth-order valence-corrected chi connectivity index (χ4v) is 6.19. The van der Waals surface area contributed by atoms with Crippen LogP contribution in [0.2, 0.25) is 0 Å². The van der Waals surface area contributed by atoms with Gasteiger partial charge >= 0.3 is 0 Å². The molecule has 0 atom stereocenters. The molecule has 0 aromatic heterocycles. The molecule has 0 aliphatic carbocycles. The molecule has 0 bridgehead atoms. The van der Waals surface area contributed by atoms with Crippen molar-refractivity contribution in [2.24, 2.45) is 0 Å². The van der Waals surface area contributed by atoms with E-state index in [-0.39, 0.29) is 0 Å². The molecule has 0 saturated carbocycles. The van der Waals surface area contributed by atoms with Crippen molar-refractivity contribution in [3.63, 3.8) is 0 Å². The molecule has 0 amide bonds. The molecule has 0 unspecified atom stereocenters. The average molecular weight is 522 g/mol. The Morgan fingerprint density at radius 1 is 0.293 bits per heavy atom. The molecule has 1 N–H and O–H groups in total. The minimum atomic E-state index is 1.08. The van der Waals surface area contributed by atoms with Crippen molar-refractivity contribution in [2.75, 3.05) is 5.32 Å². The molecule has 0 aliphatic heterocycles. The van der Waals surface area contributed by atoms with E-state index in [1.54, 1.807) is 0 Å². The topological polar surface area (TPSA) is 12.0 Å². The molecule has 1 nitrogen and oxygen atoms in total. The molecule has 0 heterocycles. The minimum Gasteiger partial charge on any atom is -0.355 e. The summed E-state index contributed by atoms with van der Waals surface area (Å²) in [6.07, 6.45) is 0. The van der Waals surface area contributed by atoms with Gasteiger partial charge < -0.3 is 5.32 Å². The van der Waals surface area contributed by atoms with Crippen molar-refractivity contribution in [3.8, 4) is 22.3 Å². The number of hydrogen-bond acceptors (Lipinski definition) is 1. The second kappa shape index (κ2) is 9.66. The van der Waals surface area contributed by atoms with E-state index in [0.29, 0.717) is 0 Å². The van der Waals surface area contributed by atoms with Crippen molar-refractivity contribution in [1.29, 1.82) is 0 Å². The van der Waals surface area contributed by atoms with Crippen molar-refractivity contribution >= 4 is 54.5 Å². The molecule has 0 fully saturated rings. The maximum absolute atomic E-state index is 3.66. The lowest BCUT2D eigenvalue weighted by Crippen LogP contribution is -1.92. The molecular formula is C40H27N. The third-order valence-electron chi connectivity index (χ3n) is 8.17. The highest BCUT2D eigenvalue weighted by molar-refractivity contribution is 6.16. The molecule has 0 saturated heterocycles. The van der Waals surface area contributed by atoms with Crippen LogP contribution in [0.4, 0.5) is 11.4 Å². The Morgan fingerprint density at radius 3 is 1.85 bits per heavy atom. The zero-order chi connectivity index (χ0) is 27.2. The fraction of sp³-hybridized carbons (Fsp3) is 0. The van der Waals surface area contributed by atoms with E-state index in [2.05, 4.69) is 163 Å². The van der Waals surface area contributed by atoms with Gasteiger partial charge in [-0.15, -0.1) is 0 Å². The zero-order valence-electron chi connectivity index (χ0n) is 22.5. The van der Waals surface area contributed by atoms with Crippen LogP contribution in [-0.4, -0.2) is 0 Å². The van der Waals surface area contributed by atoms with Gasteiger partial charge in [0.2, 0.25) is 0 Å². The normalized spacial score (nSPS) is 11.4. The maximum Gasteiger partial charge on any atom is 0.0390 e. The summed E-state index contributed by atoms with van der Waals surface area (Å²) in [5.74, 6) is 0. The van der Waals surface area contributed by atoms with Crippen molar-refractivity contribution in [2.45, 2.75) is 0 Å². The van der Waals surface area contributed by atoms with Gasteiger partial charge in [-0.05, 0) is 102 Å². The lowest BCUT2D eigenvalue weighted by Gasteiger charge is -2.14. The number of fused-ring (bicyclic) bond motifs is 5. The largest absolute Gasteiger partial charge is 0.355 e. The van der Waals surface area contributed by atoms with Crippen molar-refractivity contribution in [3.05, 3.63) is 158 Å². The van der Waals surface area contributed by atoms with E-state index in [0.717, 1.165) is 11.4 Å². The Hall–Kier alpha value is -5.40. The van der Waals surface area contributed by atoms with Gasteiger partial charge in [0.15, 0.2) is 0 Å². The van der Waals surface area contributed by atoms with Crippen LogP contribution in [-0.2, 0) is 0 Å². The Balaban J connectivity index is 1.17. The Kier molecular flexibility index (Phi) is 5.53. The van der Waals surface area contributed by atoms with Gasteiger partial charge in [-0.25, -0.2) is 0 Å². The monoisotopic (exact) mass is 521 g/mol. The van der Waals surface area contributed by atoms with Crippen LogP contribution in [0.25, 0.3) is 65.3 Å². The molecule has 1 heteroatoms. The van der Waals surface area contributed by atoms with Gasteiger partial charge in [-0.3, -0.25) is 0 Å². The summed E-state index contributed by atoms with van der Waals surface area (Å²) in [7, 11) is 0. The third kappa shape index (κ3) is 4.20. The minimum absolute atomic E-state index is 1.08. The average Bonchev–Trinajstić information content (AvgIpc) is 3.04. The third-order valence-corrected chi connectivity index (χ3v) is 8.17. The van der Waals surface area contributed by atoms with Crippen LogP contribution in [0, 0.1) is 0 Å². The van der Waals surface area contributed by atoms with E-state index in [1.807, 2.05) is 0 Å². The molecular weight excluding hydrogens is 494 g/mol. The predicted octanol–water partition coefficient (Wildman–Crippen LogP) is 11.4. The van der Waals surface area contributed by atoms with Crippen LogP contribution < -0.4 is 5.32 Å². The molecule has 0 aliphatic rings. The van der Waals surface area contributed by atoms with E-state index in [4.69, 9.17) is 0 Å². The summed E-state index contributed by atoms with van der Waals surface area (Å²) in [5.41, 5.74) is 7.11. The zero-order valence-corrected chi connectivity index (χ0v) is 22.5. The van der Waals surface area contributed by atoms with Gasteiger partial charge in [-0.1, -0.05) is 121 Å². The molecule has 8 aromatic rings. The van der Waals surface area contributed by atoms with Crippen LogP contribution in [0.1, 0.15) is 0 Å². The highest BCUT2D eigenvalue weighted by Gasteiger charge is 2.11. The first-order chi connectivity index (χ1) is 20.3. The first-order valence-electron chi connectivity index (χ1n) is 14.1. The van der Waals surface area contributed by atoms with Crippen LogP contribution in [0.3, 0.4) is 0 Å². The predicted molar refractivity (Wildman–Crippen MR) is 177 cm³/mol. The van der Waals surface area contributed by atoms with Gasteiger partial charge in [0.25, 0.3) is 0 Å². The number of rotatable bonds is 4. The highest BCUT2D eigenvalue weighted by Crippen LogP contribution is 2.39. The van der Waals surface area contributed by atoms with E-state index < -0.39 is 0 Å². The van der Waals surface area contributed by atoms with Crippen LogP contribution in [0.5, 0.6) is 0 Å². The smallest absolute Gasteiger partial charge is 0.0390 e. The van der Waals surface area contributed by atoms with Gasteiger partial charge in [0.1, 0.15) is 0 Å². The SMILES string of the molecule is c1cc(Nc2ccc3c(-c4cc5ccccc5c5ccccc45)cccc3c2)cc(-c2ccc3ccccc3c2)c1. The molecule has 0 spiro atoms. The highest BCUT2D eigenvalue weighted by atomic mass is 14.9. The standard InChI is InChI=1S/C40H27N/c1-2-10-28-23-30(20-19-27(28)9-1)29-12-7-14-33(24-29)41-34-21-22-36-31(25-34)13-8-18-38(36)40-26-32-11-3-4-15-35(32)37-16-5-6-17-39(37)40/h1-26,41H. The second-order valence-electron chi connectivity index (χ2n) is 10.7. The number of nitrogens with one attached hydrogen (secondary N) is 1. The fourth-order valence-electron chi connectivity index (χ4n) is 6.19. The first kappa shape index (κ1) is 23.5. The first-order valence-corrected chi connectivity index (χ1v) is 14.1. The number of benzene rings is 8. The summed E-state index contributed by atoms with van der Waals surface area (Å²) in [4.78, 5) is 0. The summed E-state index contributed by atoms with van der Waals surface area (Å²) in [6, 6.07) is 56.9. The lowest BCUT2D eigenvalue weighted by molar-refractivity contribution is 1.56. The molecule has 8 aromatic carbocycles. The summed E-state index contributed by atoms with van der Waals surface area (Å²) >= 11 is 0. The van der Waals surface area contributed by atoms with E-state index in [1.165, 1.54) is 65.3 Å². The summed E-state index contributed by atoms with van der Waals surface area (Å²) in [6.45, 7) is 0. The number of anilines is 2. The Labute approximate surface area is 239 Å². The van der Waals surface area contributed by atoms with E-state index >= 15 is 0 Å². The quantitative estimate of drug-likeness (QED) is 0.227.